The summed E-state index contributed by atoms with van der Waals surface area (Å²) < 4.78 is 0. The highest BCUT2D eigenvalue weighted by atomic mass is 79.9. The van der Waals surface area contributed by atoms with E-state index in [9.17, 15) is 0 Å². The van der Waals surface area contributed by atoms with Crippen LogP contribution in [0.2, 0.25) is 0 Å². The lowest BCUT2D eigenvalue weighted by molar-refractivity contribution is 0.942. The highest BCUT2D eigenvalue weighted by Crippen LogP contribution is 2.48. The Labute approximate surface area is 60.5 Å². The first-order chi connectivity index (χ1) is 3.56. The van der Waals surface area contributed by atoms with Gasteiger partial charge in [-0.05, 0) is 46.0 Å². The summed E-state index contributed by atoms with van der Waals surface area (Å²) in [6.45, 7) is 0.821. The van der Waals surface area contributed by atoms with E-state index in [0.29, 0.717) is 0 Å². The zero-order valence-corrected chi connectivity index (χ0v) is 7.89. The molecule has 0 atom stereocenters. The average molecular weight is 200 g/mol. The molecule has 0 unspecified atom stereocenters. The summed E-state index contributed by atoms with van der Waals surface area (Å²) in [6.07, 6.45) is 5.62. The summed E-state index contributed by atoms with van der Waals surface area (Å²) in [7, 11) is -0.454. The van der Waals surface area contributed by atoms with Crippen molar-refractivity contribution in [3.8, 4) is 0 Å². The number of rotatable bonds is 3. The molecule has 0 aliphatic heterocycles. The third-order valence-corrected chi connectivity index (χ3v) is 3.06. The Kier molecular flexibility index (Phi) is 4.12. The van der Waals surface area contributed by atoms with Crippen molar-refractivity contribution < 1.29 is 0 Å². The predicted molar refractivity (Wildman–Crippen MR) is 46.9 cm³/mol. The van der Waals surface area contributed by atoms with Gasteiger partial charge in [-0.25, -0.2) is 0 Å². The maximum Gasteiger partial charge on any atom is -0.00697 e. The SMILES string of the molecule is CS(C)(Br)CCCN. The lowest BCUT2D eigenvalue weighted by Crippen LogP contribution is -2.03. The predicted octanol–water partition coefficient (Wildman–Crippen LogP) is 1.71. The van der Waals surface area contributed by atoms with E-state index in [1.165, 1.54) is 5.75 Å². The van der Waals surface area contributed by atoms with Crippen LogP contribution in [0.15, 0.2) is 0 Å². The Morgan fingerprint density at radius 2 is 2.00 bits per heavy atom. The molecule has 0 aromatic rings. The minimum Gasteiger partial charge on any atom is -0.330 e. The first kappa shape index (κ1) is 8.79. The molecule has 8 heavy (non-hydrogen) atoms. The van der Waals surface area contributed by atoms with Gasteiger partial charge in [0, 0.05) is 0 Å². The fourth-order valence-corrected chi connectivity index (χ4v) is 1.97. The van der Waals surface area contributed by atoms with E-state index >= 15 is 0 Å². The van der Waals surface area contributed by atoms with Gasteiger partial charge in [0.2, 0.25) is 0 Å². The third kappa shape index (κ3) is 6.79. The van der Waals surface area contributed by atoms with Crippen LogP contribution in [0.1, 0.15) is 6.42 Å². The van der Waals surface area contributed by atoms with Crippen LogP contribution in [0.4, 0.5) is 0 Å². The molecule has 0 saturated carbocycles. The standard InChI is InChI=1S/C5H14BrNS/c1-8(2,6)5-3-4-7/h3-5,7H2,1-2H3. The Morgan fingerprint density at radius 3 is 2.12 bits per heavy atom. The zero-order valence-electron chi connectivity index (χ0n) is 5.48. The van der Waals surface area contributed by atoms with Crippen LogP contribution in [-0.2, 0) is 0 Å². The Bertz CT molecular complexity index is 59.9. The summed E-state index contributed by atoms with van der Waals surface area (Å²) in [4.78, 5) is 0. The molecular weight excluding hydrogens is 186 g/mol. The Balaban J connectivity index is 3.11. The van der Waals surface area contributed by atoms with Crippen LogP contribution in [0.3, 0.4) is 0 Å². The second kappa shape index (κ2) is 3.75. The molecule has 0 aromatic heterocycles. The van der Waals surface area contributed by atoms with Gasteiger partial charge < -0.3 is 5.73 Å². The number of hydrogen-bond acceptors (Lipinski definition) is 1. The normalized spacial score (nSPS) is 14.0. The Morgan fingerprint density at radius 1 is 1.50 bits per heavy atom. The molecule has 0 radical (unpaired) electrons. The van der Waals surface area contributed by atoms with Crippen molar-refractivity contribution in [3.63, 3.8) is 0 Å². The lowest BCUT2D eigenvalue weighted by atomic mass is 10.5. The van der Waals surface area contributed by atoms with Crippen molar-refractivity contribution in [1.29, 1.82) is 0 Å². The minimum atomic E-state index is -0.454. The highest BCUT2D eigenvalue weighted by molar-refractivity contribution is 9.58. The molecule has 0 aliphatic carbocycles. The van der Waals surface area contributed by atoms with Crippen molar-refractivity contribution in [2.45, 2.75) is 6.42 Å². The van der Waals surface area contributed by atoms with Crippen LogP contribution >= 0.6 is 23.3 Å². The molecule has 2 N–H and O–H groups in total. The molecule has 52 valence electrons. The first-order valence-corrected chi connectivity index (χ1v) is 7.13. The molecule has 3 heteroatoms. The summed E-state index contributed by atoms with van der Waals surface area (Å²) in [5.41, 5.74) is 5.33. The van der Waals surface area contributed by atoms with Crippen molar-refractivity contribution in [2.75, 3.05) is 24.8 Å². The van der Waals surface area contributed by atoms with Gasteiger partial charge in [-0.15, -0.1) is 0 Å². The topological polar surface area (TPSA) is 26.0 Å². The maximum atomic E-state index is 5.33. The van der Waals surface area contributed by atoms with Crippen LogP contribution in [0, 0.1) is 0 Å². The molecule has 0 saturated heterocycles. The number of nitrogens with two attached hydrogens (primary N) is 1. The fraction of sp³-hybridized carbons (Fsp3) is 1.00. The van der Waals surface area contributed by atoms with E-state index in [1.54, 1.807) is 0 Å². The molecule has 0 bridgehead atoms. The molecule has 0 aromatic carbocycles. The zero-order chi connectivity index (χ0) is 6.62. The molecular formula is C5H14BrNS. The van der Waals surface area contributed by atoms with Crippen molar-refractivity contribution in [3.05, 3.63) is 0 Å². The summed E-state index contributed by atoms with van der Waals surface area (Å²) >= 11 is 3.61. The van der Waals surface area contributed by atoms with E-state index in [4.69, 9.17) is 5.73 Å². The first-order valence-electron chi connectivity index (χ1n) is 2.67. The van der Waals surface area contributed by atoms with Crippen LogP contribution in [0.5, 0.6) is 0 Å². The van der Waals surface area contributed by atoms with Crippen LogP contribution in [0.25, 0.3) is 0 Å². The van der Waals surface area contributed by atoms with Crippen molar-refractivity contribution >= 4 is 23.3 Å². The lowest BCUT2D eigenvalue weighted by Gasteiger charge is -2.21. The van der Waals surface area contributed by atoms with Gasteiger partial charge in [0.1, 0.15) is 0 Å². The summed E-state index contributed by atoms with van der Waals surface area (Å²) in [5, 5.41) is 0. The fourth-order valence-electron chi connectivity index (χ4n) is 0.427. The van der Waals surface area contributed by atoms with E-state index < -0.39 is 8.46 Å². The molecule has 0 heterocycles. The summed E-state index contributed by atoms with van der Waals surface area (Å²) in [5.74, 6) is 1.24. The van der Waals surface area contributed by atoms with E-state index in [0.717, 1.165) is 13.0 Å². The van der Waals surface area contributed by atoms with E-state index in [2.05, 4.69) is 27.3 Å². The van der Waals surface area contributed by atoms with Gasteiger partial charge in [-0.2, -0.15) is 8.46 Å². The van der Waals surface area contributed by atoms with Crippen LogP contribution in [-0.4, -0.2) is 24.8 Å². The number of hydrogen-bond donors (Lipinski definition) is 1. The van der Waals surface area contributed by atoms with E-state index in [-0.39, 0.29) is 0 Å². The number of halogens is 1. The van der Waals surface area contributed by atoms with E-state index in [1.807, 2.05) is 0 Å². The van der Waals surface area contributed by atoms with Gasteiger partial charge >= 0.3 is 0 Å². The molecule has 0 aliphatic rings. The second-order valence-electron chi connectivity index (χ2n) is 2.25. The molecule has 1 nitrogen and oxygen atoms in total. The molecule has 0 fully saturated rings. The largest absolute Gasteiger partial charge is 0.330 e. The van der Waals surface area contributed by atoms with Gasteiger partial charge in [0.15, 0.2) is 0 Å². The quantitative estimate of drug-likeness (QED) is 0.737. The maximum absolute atomic E-state index is 5.33. The van der Waals surface area contributed by atoms with Gasteiger partial charge in [-0.1, -0.05) is 0 Å². The van der Waals surface area contributed by atoms with Gasteiger partial charge in [0.05, 0.1) is 0 Å². The van der Waals surface area contributed by atoms with Crippen molar-refractivity contribution in [1.82, 2.24) is 0 Å². The monoisotopic (exact) mass is 199 g/mol. The smallest absolute Gasteiger partial charge is 0.00697 e. The van der Waals surface area contributed by atoms with Crippen molar-refractivity contribution in [2.24, 2.45) is 5.73 Å². The third-order valence-electron chi connectivity index (χ3n) is 0.834. The average Bonchev–Trinajstić information content (AvgIpc) is 1.59. The minimum absolute atomic E-state index is 0.454. The molecule has 0 spiro atoms. The van der Waals surface area contributed by atoms with Crippen LogP contribution < -0.4 is 5.73 Å². The Hall–Kier alpha value is 0.790. The van der Waals surface area contributed by atoms with Gasteiger partial charge in [-0.3, -0.25) is 0 Å². The summed E-state index contributed by atoms with van der Waals surface area (Å²) in [6, 6.07) is 0. The van der Waals surface area contributed by atoms with Gasteiger partial charge in [0.25, 0.3) is 0 Å². The molecule has 0 rings (SSSR count). The second-order valence-corrected chi connectivity index (χ2v) is 10.7. The molecule has 0 amide bonds. The highest BCUT2D eigenvalue weighted by Gasteiger charge is 2.03.